The maximum absolute atomic E-state index is 3.76. The molecule has 0 aliphatic rings. The summed E-state index contributed by atoms with van der Waals surface area (Å²) in [4.78, 5) is 0. The van der Waals surface area contributed by atoms with E-state index in [2.05, 4.69) is 20.1 Å². The largest absolute Gasteiger partial charge is 0.147 e. The Bertz CT molecular complexity index is 97.4. The van der Waals surface area contributed by atoms with Crippen LogP contribution in [0.5, 0.6) is 0 Å². The van der Waals surface area contributed by atoms with Crippen molar-refractivity contribution in [3.05, 3.63) is 25.3 Å². The minimum atomic E-state index is 0.796. The molecule has 0 aliphatic carbocycles. The van der Waals surface area contributed by atoms with E-state index in [0.717, 1.165) is 19.4 Å². The highest BCUT2D eigenvalue weighted by atomic mass is 13.8. The third-order valence-corrected chi connectivity index (χ3v) is 1.97. The summed E-state index contributed by atoms with van der Waals surface area (Å²) in [5, 5.41) is 0. The standard InChI is InChI=1S/C10H19B/c1-4-7-10-11(8-5-2)9-6-3/h5-6H,2-4,7-10H2,1H3. The van der Waals surface area contributed by atoms with Crippen LogP contribution in [-0.4, -0.2) is 6.71 Å². The molecule has 11 heavy (non-hydrogen) atoms. The van der Waals surface area contributed by atoms with Crippen molar-refractivity contribution < 1.29 is 0 Å². The molecule has 0 heterocycles. The smallest absolute Gasteiger partial charge is 0.104 e. The van der Waals surface area contributed by atoms with Crippen LogP contribution in [0.15, 0.2) is 25.3 Å². The first-order valence-corrected chi connectivity index (χ1v) is 4.56. The Kier molecular flexibility index (Phi) is 7.33. The number of rotatable bonds is 7. The van der Waals surface area contributed by atoms with Gasteiger partial charge in [-0.25, -0.2) is 0 Å². The maximum atomic E-state index is 3.76. The lowest BCUT2D eigenvalue weighted by molar-refractivity contribution is 0.871. The van der Waals surface area contributed by atoms with Gasteiger partial charge in [0.15, 0.2) is 0 Å². The van der Waals surface area contributed by atoms with E-state index >= 15 is 0 Å². The SMILES string of the molecule is C=CCB(CC=C)CCCC. The van der Waals surface area contributed by atoms with Crippen molar-refractivity contribution >= 4 is 6.71 Å². The summed E-state index contributed by atoms with van der Waals surface area (Å²) in [6.45, 7) is 10.5. The van der Waals surface area contributed by atoms with Gasteiger partial charge in [0.1, 0.15) is 6.71 Å². The van der Waals surface area contributed by atoms with Crippen molar-refractivity contribution in [1.82, 2.24) is 0 Å². The lowest BCUT2D eigenvalue weighted by Gasteiger charge is -2.06. The summed E-state index contributed by atoms with van der Waals surface area (Å²) >= 11 is 0. The number of unbranched alkanes of at least 4 members (excludes halogenated alkanes) is 1. The minimum Gasteiger partial charge on any atom is -0.104 e. The molecule has 0 rings (SSSR count). The topological polar surface area (TPSA) is 0 Å². The lowest BCUT2D eigenvalue weighted by atomic mass is 9.42. The lowest BCUT2D eigenvalue weighted by Crippen LogP contribution is -2.08. The zero-order valence-corrected chi connectivity index (χ0v) is 7.68. The molecular weight excluding hydrogens is 131 g/mol. The van der Waals surface area contributed by atoms with Gasteiger partial charge in [-0.3, -0.25) is 0 Å². The van der Waals surface area contributed by atoms with E-state index in [1.807, 2.05) is 12.2 Å². The predicted molar refractivity (Wildman–Crippen MR) is 55.5 cm³/mol. The first kappa shape index (κ1) is 10.5. The fourth-order valence-electron chi connectivity index (χ4n) is 1.30. The van der Waals surface area contributed by atoms with Crippen LogP contribution >= 0.6 is 0 Å². The maximum Gasteiger partial charge on any atom is 0.147 e. The quantitative estimate of drug-likeness (QED) is 0.383. The van der Waals surface area contributed by atoms with Crippen LogP contribution in [0.4, 0.5) is 0 Å². The normalized spacial score (nSPS) is 9.18. The second kappa shape index (κ2) is 7.65. The Hall–Kier alpha value is -0.455. The molecular formula is C10H19B. The van der Waals surface area contributed by atoms with Gasteiger partial charge in [-0.15, -0.1) is 13.2 Å². The van der Waals surface area contributed by atoms with Crippen LogP contribution in [0.25, 0.3) is 0 Å². The summed E-state index contributed by atoms with van der Waals surface area (Å²) in [5.74, 6) is 0. The fraction of sp³-hybridized carbons (Fsp3) is 0.600. The molecule has 0 radical (unpaired) electrons. The van der Waals surface area contributed by atoms with E-state index in [0.29, 0.717) is 0 Å². The molecule has 0 aromatic rings. The number of hydrogen-bond donors (Lipinski definition) is 0. The first-order valence-electron chi connectivity index (χ1n) is 4.56. The van der Waals surface area contributed by atoms with Crippen molar-refractivity contribution in [3.8, 4) is 0 Å². The minimum absolute atomic E-state index is 0.796. The van der Waals surface area contributed by atoms with Crippen molar-refractivity contribution in [1.29, 1.82) is 0 Å². The Balaban J connectivity index is 3.49. The van der Waals surface area contributed by atoms with E-state index in [-0.39, 0.29) is 0 Å². The van der Waals surface area contributed by atoms with E-state index in [1.165, 1.54) is 19.2 Å². The van der Waals surface area contributed by atoms with Gasteiger partial charge in [0, 0.05) is 0 Å². The highest BCUT2D eigenvalue weighted by Crippen LogP contribution is 2.10. The second-order valence-corrected chi connectivity index (χ2v) is 3.06. The molecule has 0 atom stereocenters. The molecule has 0 aliphatic heterocycles. The second-order valence-electron chi connectivity index (χ2n) is 3.06. The highest BCUT2D eigenvalue weighted by Gasteiger charge is 2.07. The van der Waals surface area contributed by atoms with Gasteiger partial charge in [0.25, 0.3) is 0 Å². The fourth-order valence-corrected chi connectivity index (χ4v) is 1.30. The van der Waals surface area contributed by atoms with Gasteiger partial charge < -0.3 is 0 Å². The average molecular weight is 150 g/mol. The van der Waals surface area contributed by atoms with Gasteiger partial charge in [-0.1, -0.05) is 50.9 Å². The van der Waals surface area contributed by atoms with Crippen LogP contribution in [0.1, 0.15) is 19.8 Å². The Labute approximate surface area is 71.5 Å². The molecule has 0 nitrogen and oxygen atoms in total. The van der Waals surface area contributed by atoms with Crippen molar-refractivity contribution in [2.24, 2.45) is 0 Å². The highest BCUT2D eigenvalue weighted by molar-refractivity contribution is 6.59. The van der Waals surface area contributed by atoms with Crippen molar-refractivity contribution in [2.45, 2.75) is 38.7 Å². The van der Waals surface area contributed by atoms with Crippen LogP contribution < -0.4 is 0 Å². The first-order chi connectivity index (χ1) is 5.35. The molecule has 0 unspecified atom stereocenters. The van der Waals surface area contributed by atoms with Crippen LogP contribution in [0.2, 0.25) is 19.0 Å². The average Bonchev–Trinajstić information content (AvgIpc) is 2.01. The molecule has 0 fully saturated rings. The van der Waals surface area contributed by atoms with Gasteiger partial charge >= 0.3 is 0 Å². The molecule has 62 valence electrons. The van der Waals surface area contributed by atoms with Crippen molar-refractivity contribution in [3.63, 3.8) is 0 Å². The molecule has 0 bridgehead atoms. The van der Waals surface area contributed by atoms with E-state index in [1.54, 1.807) is 0 Å². The van der Waals surface area contributed by atoms with Crippen LogP contribution in [-0.2, 0) is 0 Å². The molecule has 0 saturated heterocycles. The summed E-state index contributed by atoms with van der Waals surface area (Å²) in [5.41, 5.74) is 0. The summed E-state index contributed by atoms with van der Waals surface area (Å²) in [7, 11) is 0. The number of allylic oxidation sites excluding steroid dienone is 2. The van der Waals surface area contributed by atoms with E-state index in [4.69, 9.17) is 0 Å². The monoisotopic (exact) mass is 150 g/mol. The molecule has 0 aromatic carbocycles. The number of hydrogen-bond acceptors (Lipinski definition) is 0. The molecule has 0 spiro atoms. The molecule has 0 saturated carbocycles. The Morgan fingerprint density at radius 3 is 2.09 bits per heavy atom. The summed E-state index contributed by atoms with van der Waals surface area (Å²) in [6.07, 6.45) is 10.3. The van der Waals surface area contributed by atoms with Crippen LogP contribution in [0.3, 0.4) is 0 Å². The molecule has 1 heteroatoms. The van der Waals surface area contributed by atoms with E-state index < -0.39 is 0 Å². The third kappa shape index (κ3) is 5.96. The zero-order chi connectivity index (χ0) is 8.53. The molecule has 0 amide bonds. The van der Waals surface area contributed by atoms with Gasteiger partial charge in [0.05, 0.1) is 0 Å². The van der Waals surface area contributed by atoms with Gasteiger partial charge in [0.2, 0.25) is 0 Å². The Morgan fingerprint density at radius 1 is 1.18 bits per heavy atom. The summed E-state index contributed by atoms with van der Waals surface area (Å²) < 4.78 is 0. The van der Waals surface area contributed by atoms with E-state index in [9.17, 15) is 0 Å². The molecule has 0 aromatic heterocycles. The van der Waals surface area contributed by atoms with Gasteiger partial charge in [-0.2, -0.15) is 0 Å². The zero-order valence-electron chi connectivity index (χ0n) is 7.68. The predicted octanol–water partition coefficient (Wildman–Crippen LogP) is 3.65. The Morgan fingerprint density at radius 2 is 1.73 bits per heavy atom. The third-order valence-electron chi connectivity index (χ3n) is 1.97. The van der Waals surface area contributed by atoms with Gasteiger partial charge in [-0.05, 0) is 0 Å². The molecule has 0 N–H and O–H groups in total. The van der Waals surface area contributed by atoms with Crippen molar-refractivity contribution in [2.75, 3.05) is 0 Å². The van der Waals surface area contributed by atoms with Crippen LogP contribution in [0, 0.1) is 0 Å². The summed E-state index contributed by atoms with van der Waals surface area (Å²) in [6, 6.07) is 0.